The summed E-state index contributed by atoms with van der Waals surface area (Å²) in [7, 11) is 0. The number of rotatable bonds is 9. The van der Waals surface area contributed by atoms with E-state index in [2.05, 4.69) is 53.4 Å². The molecule has 1 aliphatic heterocycles. The van der Waals surface area contributed by atoms with Gasteiger partial charge < -0.3 is 10.0 Å². The lowest BCUT2D eigenvalue weighted by Gasteiger charge is -2.31. The molecule has 4 rings (SSSR count). The van der Waals surface area contributed by atoms with E-state index in [9.17, 15) is 10.0 Å². The molecule has 4 heteroatoms. The molecular formula is C30H34N2O2. The molecule has 1 N–H and O–H groups in total. The van der Waals surface area contributed by atoms with E-state index in [1.807, 2.05) is 36.4 Å². The van der Waals surface area contributed by atoms with Crippen molar-refractivity contribution in [1.82, 2.24) is 4.90 Å². The van der Waals surface area contributed by atoms with Gasteiger partial charge >= 0.3 is 0 Å². The molecular weight excluding hydrogens is 420 g/mol. The smallest absolute Gasteiger partial charge is 0.116 e. The van der Waals surface area contributed by atoms with Gasteiger partial charge in [-0.15, -0.1) is 0 Å². The molecule has 0 bridgehead atoms. The Morgan fingerprint density at radius 3 is 2.26 bits per heavy atom. The van der Waals surface area contributed by atoms with Crippen molar-refractivity contribution >= 4 is 11.1 Å². The molecule has 0 aromatic heterocycles. The summed E-state index contributed by atoms with van der Waals surface area (Å²) in [6, 6.07) is 26.8. The highest BCUT2D eigenvalue weighted by Gasteiger charge is 2.20. The van der Waals surface area contributed by atoms with Gasteiger partial charge in [0.2, 0.25) is 0 Å². The van der Waals surface area contributed by atoms with Gasteiger partial charge in [0, 0.05) is 0 Å². The van der Waals surface area contributed by atoms with Crippen LogP contribution in [-0.2, 0) is 0 Å². The molecule has 34 heavy (non-hydrogen) atoms. The van der Waals surface area contributed by atoms with Crippen LogP contribution in [0.4, 0.5) is 0 Å². The average Bonchev–Trinajstić information content (AvgIpc) is 2.89. The zero-order valence-corrected chi connectivity index (χ0v) is 20.0. The van der Waals surface area contributed by atoms with Gasteiger partial charge in [0.15, 0.2) is 0 Å². The third kappa shape index (κ3) is 5.81. The van der Waals surface area contributed by atoms with Crippen LogP contribution < -0.4 is 0 Å². The molecule has 0 aliphatic carbocycles. The summed E-state index contributed by atoms with van der Waals surface area (Å²) in [5, 5.41) is 13.3. The Morgan fingerprint density at radius 2 is 1.62 bits per heavy atom. The molecule has 3 aromatic rings. The second-order valence-electron chi connectivity index (χ2n) is 9.06. The largest absolute Gasteiger partial charge is 0.508 e. The van der Waals surface area contributed by atoms with E-state index in [1.165, 1.54) is 37.1 Å². The molecule has 0 spiro atoms. The number of hydrogen-bond donors (Lipinski definition) is 1. The fourth-order valence-electron chi connectivity index (χ4n) is 5.05. The highest BCUT2D eigenvalue weighted by molar-refractivity contribution is 5.98. The van der Waals surface area contributed by atoms with E-state index in [4.69, 9.17) is 0 Å². The number of aromatic hydroxyl groups is 1. The van der Waals surface area contributed by atoms with Crippen LogP contribution in [-0.4, -0.2) is 36.2 Å². The number of nitrogens with zero attached hydrogens (tertiary/aromatic N) is 2. The summed E-state index contributed by atoms with van der Waals surface area (Å²) in [6.45, 7) is 5.99. The average molecular weight is 455 g/mol. The second kappa shape index (κ2) is 11.8. The summed E-state index contributed by atoms with van der Waals surface area (Å²) < 4.78 is 0. The summed E-state index contributed by atoms with van der Waals surface area (Å²) >= 11 is 0. The Kier molecular flexibility index (Phi) is 8.26. The standard InChI is InChI=1S/C30H34N2O2/c1-2-32-20-17-24(18-21-32)23-13-15-26(16-14-23)30(27-10-6-11-28(33)22-27)29(12-7-19-31-34)25-8-4-3-5-9-25/h3-6,8-11,13-16,22,24,33H,2,7,12,17-21H2,1H3/b30-29+. The first-order chi connectivity index (χ1) is 16.7. The van der Waals surface area contributed by atoms with E-state index >= 15 is 0 Å². The van der Waals surface area contributed by atoms with Gasteiger partial charge in [-0.2, -0.15) is 4.91 Å². The van der Waals surface area contributed by atoms with Crippen molar-refractivity contribution in [1.29, 1.82) is 0 Å². The lowest BCUT2D eigenvalue weighted by Crippen LogP contribution is -2.32. The molecule has 0 atom stereocenters. The topological polar surface area (TPSA) is 52.9 Å². The molecule has 4 nitrogen and oxygen atoms in total. The predicted octanol–water partition coefficient (Wildman–Crippen LogP) is 7.10. The molecule has 0 radical (unpaired) electrons. The monoisotopic (exact) mass is 454 g/mol. The number of phenols is 1. The van der Waals surface area contributed by atoms with E-state index in [-0.39, 0.29) is 5.75 Å². The molecule has 3 aromatic carbocycles. The fraction of sp³-hybridized carbons (Fsp3) is 0.333. The maximum absolute atomic E-state index is 10.8. The van der Waals surface area contributed by atoms with E-state index in [0.717, 1.165) is 35.2 Å². The summed E-state index contributed by atoms with van der Waals surface area (Å²) in [6.07, 6.45) is 3.83. The Balaban J connectivity index is 1.76. The normalized spacial score (nSPS) is 15.7. The molecule has 1 aliphatic rings. The SMILES string of the molecule is CCN1CCC(c2ccc(/C(=C(/CCCN=O)c3ccccc3)c3cccc(O)c3)cc2)CC1. The van der Waals surface area contributed by atoms with Gasteiger partial charge in [0.1, 0.15) is 5.75 Å². The molecule has 1 saturated heterocycles. The number of benzene rings is 3. The van der Waals surface area contributed by atoms with Gasteiger partial charge in [0.25, 0.3) is 0 Å². The van der Waals surface area contributed by atoms with Gasteiger partial charge in [-0.3, -0.25) is 0 Å². The quantitative estimate of drug-likeness (QED) is 0.213. The number of allylic oxidation sites excluding steroid dienone is 1. The first kappa shape index (κ1) is 23.9. The lowest BCUT2D eigenvalue weighted by molar-refractivity contribution is 0.222. The Labute approximate surface area is 202 Å². The highest BCUT2D eigenvalue weighted by atomic mass is 16.3. The molecule has 1 heterocycles. The zero-order valence-electron chi connectivity index (χ0n) is 20.0. The minimum Gasteiger partial charge on any atom is -0.508 e. The number of phenolic OH excluding ortho intramolecular Hbond substituents is 1. The van der Waals surface area contributed by atoms with Crippen LogP contribution in [0.1, 0.15) is 60.8 Å². The van der Waals surface area contributed by atoms with Gasteiger partial charge in [-0.1, -0.05) is 78.8 Å². The summed E-state index contributed by atoms with van der Waals surface area (Å²) in [4.78, 5) is 13.3. The van der Waals surface area contributed by atoms with Crippen LogP contribution in [0.5, 0.6) is 5.75 Å². The van der Waals surface area contributed by atoms with Crippen molar-refractivity contribution in [2.45, 2.75) is 38.5 Å². The summed E-state index contributed by atoms with van der Waals surface area (Å²) in [5.41, 5.74) is 6.89. The Bertz CT molecular complexity index is 1100. The van der Waals surface area contributed by atoms with Crippen molar-refractivity contribution in [3.8, 4) is 5.75 Å². The molecule has 1 fully saturated rings. The maximum atomic E-state index is 10.8. The molecule has 0 unspecified atom stereocenters. The Morgan fingerprint density at radius 1 is 0.912 bits per heavy atom. The van der Waals surface area contributed by atoms with Crippen molar-refractivity contribution in [3.05, 3.63) is 106 Å². The van der Waals surface area contributed by atoms with Gasteiger partial charge in [-0.05, 0) is 96.8 Å². The van der Waals surface area contributed by atoms with Crippen LogP contribution >= 0.6 is 0 Å². The zero-order chi connectivity index (χ0) is 23.8. The maximum Gasteiger partial charge on any atom is 0.116 e. The minimum atomic E-state index is 0.247. The summed E-state index contributed by atoms with van der Waals surface area (Å²) in [5.74, 6) is 0.855. The Hall–Kier alpha value is -3.24. The van der Waals surface area contributed by atoms with Crippen molar-refractivity contribution in [3.63, 3.8) is 0 Å². The first-order valence-electron chi connectivity index (χ1n) is 12.4. The van der Waals surface area contributed by atoms with Crippen LogP contribution in [0, 0.1) is 4.91 Å². The van der Waals surface area contributed by atoms with Crippen LogP contribution in [0.3, 0.4) is 0 Å². The van der Waals surface area contributed by atoms with Crippen molar-refractivity contribution in [2.75, 3.05) is 26.2 Å². The number of likely N-dealkylation sites (tertiary alicyclic amines) is 1. The second-order valence-corrected chi connectivity index (χ2v) is 9.06. The predicted molar refractivity (Wildman–Crippen MR) is 141 cm³/mol. The number of hydrogen-bond acceptors (Lipinski definition) is 4. The van der Waals surface area contributed by atoms with Gasteiger partial charge in [-0.25, -0.2) is 0 Å². The van der Waals surface area contributed by atoms with E-state index in [0.29, 0.717) is 18.9 Å². The van der Waals surface area contributed by atoms with Crippen molar-refractivity contribution in [2.24, 2.45) is 5.18 Å². The van der Waals surface area contributed by atoms with Gasteiger partial charge in [0.05, 0.1) is 6.54 Å². The minimum absolute atomic E-state index is 0.247. The van der Waals surface area contributed by atoms with Crippen LogP contribution in [0.2, 0.25) is 0 Å². The third-order valence-corrected chi connectivity index (χ3v) is 6.94. The number of piperidine rings is 1. The van der Waals surface area contributed by atoms with E-state index < -0.39 is 0 Å². The first-order valence-corrected chi connectivity index (χ1v) is 12.4. The van der Waals surface area contributed by atoms with E-state index in [1.54, 1.807) is 6.07 Å². The molecule has 176 valence electrons. The van der Waals surface area contributed by atoms with Crippen molar-refractivity contribution < 1.29 is 5.11 Å². The molecule has 0 saturated carbocycles. The third-order valence-electron chi connectivity index (χ3n) is 6.94. The fourth-order valence-corrected chi connectivity index (χ4v) is 5.05. The van der Waals surface area contributed by atoms with Crippen LogP contribution in [0.25, 0.3) is 11.1 Å². The highest BCUT2D eigenvalue weighted by Crippen LogP contribution is 2.37. The molecule has 0 amide bonds. The lowest BCUT2D eigenvalue weighted by atomic mass is 9.85. The van der Waals surface area contributed by atoms with Crippen LogP contribution in [0.15, 0.2) is 84.0 Å². The number of nitroso groups, excluding NO2 is 1.